The van der Waals surface area contributed by atoms with Gasteiger partial charge in [-0.05, 0) is 96.3 Å². The minimum atomic E-state index is -1.53. The molecule has 0 aromatic heterocycles. The lowest BCUT2D eigenvalue weighted by molar-refractivity contribution is -0.870. The van der Waals surface area contributed by atoms with Crippen LogP contribution in [0.25, 0.3) is 0 Å². The summed E-state index contributed by atoms with van der Waals surface area (Å²) < 4.78 is 22.8. The van der Waals surface area contributed by atoms with Crippen LogP contribution in [0.15, 0.2) is 122 Å². The molecule has 0 aliphatic rings. The number of hydrogen-bond acceptors (Lipinski definition) is 7. The number of carbonyl (C=O) groups excluding carboxylic acids is 2. The highest BCUT2D eigenvalue weighted by Gasteiger charge is 2.25. The van der Waals surface area contributed by atoms with Gasteiger partial charge in [-0.1, -0.05) is 206 Å². The summed E-state index contributed by atoms with van der Waals surface area (Å²) in [6.45, 7) is 4.56. The summed E-state index contributed by atoms with van der Waals surface area (Å²) in [6.07, 6.45) is 70.0. The number of likely N-dealkylation sites (N-methyl/N-ethyl adjacent to an activating group) is 1. The summed E-state index contributed by atoms with van der Waals surface area (Å²) >= 11 is 0. The summed E-state index contributed by atoms with van der Waals surface area (Å²) in [6, 6.07) is 0. The van der Waals surface area contributed by atoms with Crippen LogP contribution in [0.5, 0.6) is 0 Å². The SMILES string of the molecule is CC/C=C\C/C=C\C/C=C\C/C=C\C/C=C\CCCCCCCCCCCCCCCC(=O)OC(COC(=O)CCC/C=C\C/C=C\C/C=C\C/C=C\C/C=C\CC)COC(OCC[N+](C)(C)C)C(=O)O. The van der Waals surface area contributed by atoms with E-state index in [1.807, 2.05) is 21.1 Å². The lowest BCUT2D eigenvalue weighted by atomic mass is 10.0. The second kappa shape index (κ2) is 52.0. The van der Waals surface area contributed by atoms with Crippen LogP contribution in [0.3, 0.4) is 0 Å². The quantitative estimate of drug-likeness (QED) is 0.0211. The number of esters is 2. The van der Waals surface area contributed by atoms with Crippen molar-refractivity contribution in [3.8, 4) is 0 Å². The number of ether oxygens (including phenoxy) is 4. The Morgan fingerprint density at radius 1 is 0.423 bits per heavy atom. The molecule has 0 bridgehead atoms. The average Bonchev–Trinajstić information content (AvgIpc) is 3.34. The van der Waals surface area contributed by atoms with E-state index < -0.39 is 30.3 Å². The molecular weight excluding hydrogens is 887 g/mol. The maximum absolute atomic E-state index is 12.9. The van der Waals surface area contributed by atoms with Crippen LogP contribution in [-0.4, -0.2) is 87.4 Å². The Balaban J connectivity index is 4.31. The topological polar surface area (TPSA) is 108 Å². The largest absolute Gasteiger partial charge is 0.477 e. The number of carboxylic acid groups (broad SMARTS) is 1. The molecule has 0 aliphatic heterocycles. The van der Waals surface area contributed by atoms with E-state index in [0.717, 1.165) is 89.9 Å². The summed E-state index contributed by atoms with van der Waals surface area (Å²) in [4.78, 5) is 37.3. The van der Waals surface area contributed by atoms with Crippen LogP contribution in [-0.2, 0) is 33.3 Å². The molecule has 0 aliphatic carbocycles. The summed E-state index contributed by atoms with van der Waals surface area (Å²) in [5, 5.41) is 9.69. The summed E-state index contributed by atoms with van der Waals surface area (Å²) in [7, 11) is 5.94. The van der Waals surface area contributed by atoms with E-state index in [-0.39, 0.29) is 32.7 Å². The number of allylic oxidation sites excluding steroid dienone is 20. The van der Waals surface area contributed by atoms with E-state index in [2.05, 4.69) is 135 Å². The highest BCUT2D eigenvalue weighted by Crippen LogP contribution is 2.15. The molecule has 0 aromatic carbocycles. The van der Waals surface area contributed by atoms with Crippen molar-refractivity contribution in [2.75, 3.05) is 47.5 Å². The van der Waals surface area contributed by atoms with Gasteiger partial charge in [0.05, 0.1) is 34.4 Å². The molecule has 0 saturated heterocycles. The molecule has 0 radical (unpaired) electrons. The monoisotopic (exact) mass is 989 g/mol. The third-order valence-corrected chi connectivity index (χ3v) is 11.2. The molecule has 1 N–H and O–H groups in total. The second-order valence-electron chi connectivity index (χ2n) is 19.1. The van der Waals surface area contributed by atoms with E-state index in [4.69, 9.17) is 18.9 Å². The van der Waals surface area contributed by atoms with Crippen LogP contribution < -0.4 is 0 Å². The zero-order valence-electron chi connectivity index (χ0n) is 45.6. The molecule has 71 heavy (non-hydrogen) atoms. The minimum Gasteiger partial charge on any atom is -0.477 e. The molecule has 0 spiro atoms. The number of hydrogen-bond donors (Lipinski definition) is 1. The van der Waals surface area contributed by atoms with Crippen molar-refractivity contribution in [2.45, 2.75) is 206 Å². The normalized spacial score (nSPS) is 13.8. The van der Waals surface area contributed by atoms with Gasteiger partial charge in [-0.15, -0.1) is 0 Å². The van der Waals surface area contributed by atoms with E-state index >= 15 is 0 Å². The molecular formula is C62H102NO8+. The van der Waals surface area contributed by atoms with Crippen molar-refractivity contribution >= 4 is 17.9 Å². The molecule has 0 amide bonds. The Bertz CT molecular complexity index is 1570. The number of rotatable bonds is 49. The number of carboxylic acids is 1. The zero-order valence-corrected chi connectivity index (χ0v) is 45.6. The van der Waals surface area contributed by atoms with Crippen molar-refractivity contribution in [2.24, 2.45) is 0 Å². The molecule has 2 unspecified atom stereocenters. The standard InChI is InChI=1S/C62H101NO8/c1-6-8-10-12-14-16-18-20-22-24-25-26-27-28-29-30-31-32-33-34-35-37-39-41-43-45-47-49-51-53-60(65)71-58(57-70-62(61(66)67)68-55-54-63(3,4)5)56-69-59(64)52-50-48-46-44-42-40-38-36-23-21-19-17-15-13-11-9-7-2/h8-11,14-17,20-23,25-26,28-29,38,40,44,46,58,62H,6-7,12-13,18-19,24,27,30-37,39,41-43,45,47-57H2,1-5H3/p+1/b10-8-,11-9-,16-14-,17-15-,22-20-,23-21-,26-25-,29-28-,40-38-,46-44-. The van der Waals surface area contributed by atoms with Gasteiger partial charge in [0.25, 0.3) is 6.29 Å². The van der Waals surface area contributed by atoms with Gasteiger partial charge in [-0.2, -0.15) is 0 Å². The van der Waals surface area contributed by atoms with Crippen molar-refractivity contribution in [3.63, 3.8) is 0 Å². The highest BCUT2D eigenvalue weighted by atomic mass is 16.7. The summed E-state index contributed by atoms with van der Waals surface area (Å²) in [5.41, 5.74) is 0. The molecule has 0 aromatic rings. The summed E-state index contributed by atoms with van der Waals surface area (Å²) in [5.74, 6) is -2.10. The predicted octanol–water partition coefficient (Wildman–Crippen LogP) is 16.1. The molecule has 0 fully saturated rings. The number of unbranched alkanes of at least 4 members (excludes halogenated alkanes) is 14. The third-order valence-electron chi connectivity index (χ3n) is 11.2. The van der Waals surface area contributed by atoms with E-state index in [1.165, 1.54) is 64.2 Å². The Morgan fingerprint density at radius 3 is 1.17 bits per heavy atom. The molecule has 2 atom stereocenters. The minimum absolute atomic E-state index is 0.172. The van der Waals surface area contributed by atoms with E-state index in [9.17, 15) is 19.5 Å². The fourth-order valence-electron chi connectivity index (χ4n) is 7.02. The lowest BCUT2D eigenvalue weighted by Crippen LogP contribution is -2.40. The third kappa shape index (κ3) is 53.3. The molecule has 0 saturated carbocycles. The Morgan fingerprint density at radius 2 is 0.775 bits per heavy atom. The van der Waals surface area contributed by atoms with Crippen LogP contribution in [0, 0.1) is 0 Å². The molecule has 0 rings (SSSR count). The molecule has 9 heteroatoms. The second-order valence-corrected chi connectivity index (χ2v) is 19.1. The average molecular weight is 989 g/mol. The molecule has 0 heterocycles. The first-order chi connectivity index (χ1) is 34.6. The maximum Gasteiger partial charge on any atom is 0.361 e. The van der Waals surface area contributed by atoms with Crippen molar-refractivity contribution < 1.29 is 42.9 Å². The van der Waals surface area contributed by atoms with Gasteiger partial charge in [-0.3, -0.25) is 9.59 Å². The van der Waals surface area contributed by atoms with Gasteiger partial charge in [0.1, 0.15) is 13.2 Å². The Hall–Kier alpha value is -4.31. The lowest BCUT2D eigenvalue weighted by Gasteiger charge is -2.25. The van der Waals surface area contributed by atoms with Gasteiger partial charge in [-0.25, -0.2) is 4.79 Å². The van der Waals surface area contributed by atoms with Crippen LogP contribution in [0.2, 0.25) is 0 Å². The first-order valence-electron chi connectivity index (χ1n) is 27.7. The van der Waals surface area contributed by atoms with Gasteiger partial charge in [0.15, 0.2) is 6.10 Å². The first-order valence-corrected chi connectivity index (χ1v) is 27.7. The van der Waals surface area contributed by atoms with Gasteiger partial charge < -0.3 is 28.5 Å². The van der Waals surface area contributed by atoms with E-state index in [0.29, 0.717) is 23.9 Å². The van der Waals surface area contributed by atoms with Crippen LogP contribution in [0.4, 0.5) is 0 Å². The van der Waals surface area contributed by atoms with Crippen molar-refractivity contribution in [3.05, 3.63) is 122 Å². The number of quaternary nitrogens is 1. The van der Waals surface area contributed by atoms with Crippen LogP contribution >= 0.6 is 0 Å². The Labute approximate surface area is 434 Å². The number of carbonyl (C=O) groups is 3. The smallest absolute Gasteiger partial charge is 0.361 e. The van der Waals surface area contributed by atoms with Crippen molar-refractivity contribution in [1.29, 1.82) is 0 Å². The zero-order chi connectivity index (χ0) is 52.0. The van der Waals surface area contributed by atoms with Gasteiger partial charge in [0.2, 0.25) is 0 Å². The molecule has 9 nitrogen and oxygen atoms in total. The van der Waals surface area contributed by atoms with Gasteiger partial charge in [0, 0.05) is 12.8 Å². The molecule has 402 valence electrons. The van der Waals surface area contributed by atoms with E-state index in [1.54, 1.807) is 0 Å². The Kier molecular flexibility index (Phi) is 48.9. The highest BCUT2D eigenvalue weighted by molar-refractivity contribution is 5.71. The van der Waals surface area contributed by atoms with Crippen molar-refractivity contribution in [1.82, 2.24) is 0 Å². The predicted molar refractivity (Wildman–Crippen MR) is 299 cm³/mol. The first kappa shape index (κ1) is 66.7. The van der Waals surface area contributed by atoms with Gasteiger partial charge >= 0.3 is 17.9 Å². The fraction of sp³-hybridized carbons (Fsp3) is 0.629. The van der Waals surface area contributed by atoms with Crippen LogP contribution in [0.1, 0.15) is 194 Å². The maximum atomic E-state index is 12.9. The number of nitrogens with zero attached hydrogens (tertiary/aromatic N) is 1. The number of aliphatic carboxylic acids is 1. The fourth-order valence-corrected chi connectivity index (χ4v) is 7.02.